The van der Waals surface area contributed by atoms with E-state index in [1.54, 1.807) is 6.92 Å². The van der Waals surface area contributed by atoms with Gasteiger partial charge in [-0.2, -0.15) is 9.50 Å². The van der Waals surface area contributed by atoms with Crippen molar-refractivity contribution in [3.8, 4) is 0 Å². The second-order valence-corrected chi connectivity index (χ2v) is 3.07. The van der Waals surface area contributed by atoms with E-state index in [9.17, 15) is 4.79 Å². The maximum absolute atomic E-state index is 11.5. The summed E-state index contributed by atoms with van der Waals surface area (Å²) in [4.78, 5) is 19.8. The molecule has 0 aliphatic heterocycles. The molecule has 0 radical (unpaired) electrons. The standard InChI is InChI=1S/C8H11N5O/c1-5-10-8-11-6(2-3-9)4-7(14)13(8)12-5/h4H,2-3,9H2,1H3,(H,10,11,12). The van der Waals surface area contributed by atoms with Gasteiger partial charge in [0.05, 0.1) is 5.69 Å². The number of H-pyrrole nitrogens is 1. The second kappa shape index (κ2) is 3.22. The molecule has 0 saturated heterocycles. The van der Waals surface area contributed by atoms with Gasteiger partial charge in [-0.3, -0.25) is 9.89 Å². The average molecular weight is 193 g/mol. The molecule has 0 aliphatic rings. The fourth-order valence-electron chi connectivity index (χ4n) is 1.31. The molecule has 0 spiro atoms. The number of nitrogens with zero attached hydrogens (tertiary/aromatic N) is 3. The molecule has 0 aliphatic carbocycles. The van der Waals surface area contributed by atoms with Crippen molar-refractivity contribution in [2.24, 2.45) is 5.73 Å². The number of hydrogen-bond donors (Lipinski definition) is 2. The van der Waals surface area contributed by atoms with Gasteiger partial charge in [0.1, 0.15) is 5.82 Å². The highest BCUT2D eigenvalue weighted by Gasteiger charge is 2.04. The van der Waals surface area contributed by atoms with E-state index in [0.29, 0.717) is 30.3 Å². The number of aromatic nitrogens is 4. The van der Waals surface area contributed by atoms with Crippen LogP contribution in [0.1, 0.15) is 11.5 Å². The Morgan fingerprint density at radius 1 is 1.57 bits per heavy atom. The van der Waals surface area contributed by atoms with Crippen LogP contribution in [-0.2, 0) is 6.42 Å². The SMILES string of the molecule is Cc1nc2nc(CCN)cc(=O)n2[nH]1. The molecular formula is C8H11N5O. The van der Waals surface area contributed by atoms with Gasteiger partial charge >= 0.3 is 0 Å². The summed E-state index contributed by atoms with van der Waals surface area (Å²) in [7, 11) is 0. The van der Waals surface area contributed by atoms with E-state index in [4.69, 9.17) is 5.73 Å². The topological polar surface area (TPSA) is 89.1 Å². The molecule has 0 fully saturated rings. The lowest BCUT2D eigenvalue weighted by molar-refractivity contribution is 0.847. The Hall–Kier alpha value is -1.69. The molecule has 0 saturated carbocycles. The summed E-state index contributed by atoms with van der Waals surface area (Å²) in [6.45, 7) is 2.25. The van der Waals surface area contributed by atoms with Crippen LogP contribution in [0, 0.1) is 6.92 Å². The highest BCUT2D eigenvalue weighted by Crippen LogP contribution is 1.96. The third kappa shape index (κ3) is 1.39. The molecule has 0 amide bonds. The van der Waals surface area contributed by atoms with Gasteiger partial charge in [-0.1, -0.05) is 0 Å². The molecular weight excluding hydrogens is 182 g/mol. The summed E-state index contributed by atoms with van der Waals surface area (Å²) in [5, 5.41) is 2.80. The van der Waals surface area contributed by atoms with E-state index in [1.807, 2.05) is 0 Å². The van der Waals surface area contributed by atoms with Crippen LogP contribution in [0.15, 0.2) is 10.9 Å². The molecule has 0 aromatic carbocycles. The van der Waals surface area contributed by atoms with E-state index in [1.165, 1.54) is 10.6 Å². The van der Waals surface area contributed by atoms with E-state index in [0.717, 1.165) is 0 Å². The number of rotatable bonds is 2. The van der Waals surface area contributed by atoms with Crippen LogP contribution >= 0.6 is 0 Å². The van der Waals surface area contributed by atoms with Crippen LogP contribution in [0.3, 0.4) is 0 Å². The number of hydrogen-bond acceptors (Lipinski definition) is 4. The fourth-order valence-corrected chi connectivity index (χ4v) is 1.31. The van der Waals surface area contributed by atoms with Crippen LogP contribution in [0.4, 0.5) is 0 Å². The summed E-state index contributed by atoms with van der Waals surface area (Å²) >= 11 is 0. The van der Waals surface area contributed by atoms with Crippen LogP contribution in [-0.4, -0.2) is 26.1 Å². The quantitative estimate of drug-likeness (QED) is 0.655. The summed E-state index contributed by atoms with van der Waals surface area (Å²) in [5.41, 5.74) is 5.91. The number of nitrogens with two attached hydrogens (primary N) is 1. The largest absolute Gasteiger partial charge is 0.330 e. The van der Waals surface area contributed by atoms with Gasteiger partial charge in [-0.05, 0) is 13.5 Å². The first kappa shape index (κ1) is 8.89. The molecule has 2 aromatic heterocycles. The number of nitrogens with one attached hydrogen (secondary N) is 1. The molecule has 2 rings (SSSR count). The van der Waals surface area contributed by atoms with Crippen LogP contribution in [0.5, 0.6) is 0 Å². The highest BCUT2D eigenvalue weighted by atomic mass is 16.1. The van der Waals surface area contributed by atoms with Crippen LogP contribution < -0.4 is 11.3 Å². The lowest BCUT2D eigenvalue weighted by Crippen LogP contribution is -2.17. The number of fused-ring (bicyclic) bond motifs is 1. The smallest absolute Gasteiger partial charge is 0.274 e. The maximum atomic E-state index is 11.5. The molecule has 2 aromatic rings. The molecule has 3 N–H and O–H groups in total. The monoisotopic (exact) mass is 193 g/mol. The van der Waals surface area contributed by atoms with Crippen molar-refractivity contribution >= 4 is 5.78 Å². The van der Waals surface area contributed by atoms with Crippen molar-refractivity contribution in [3.05, 3.63) is 27.9 Å². The predicted octanol–water partition coefficient (Wildman–Crippen LogP) is -0.773. The van der Waals surface area contributed by atoms with E-state index in [-0.39, 0.29) is 5.56 Å². The molecule has 0 bridgehead atoms. The zero-order valence-electron chi connectivity index (χ0n) is 7.82. The summed E-state index contributed by atoms with van der Waals surface area (Å²) < 4.78 is 1.31. The zero-order valence-corrected chi connectivity index (χ0v) is 7.82. The van der Waals surface area contributed by atoms with Gasteiger partial charge in [0, 0.05) is 12.5 Å². The first-order valence-corrected chi connectivity index (χ1v) is 4.36. The number of aryl methyl sites for hydroxylation is 1. The van der Waals surface area contributed by atoms with Crippen molar-refractivity contribution in [3.63, 3.8) is 0 Å². The molecule has 0 atom stereocenters. The van der Waals surface area contributed by atoms with Crippen molar-refractivity contribution in [2.75, 3.05) is 6.54 Å². The predicted molar refractivity (Wildman–Crippen MR) is 51.1 cm³/mol. The first-order chi connectivity index (χ1) is 6.70. The Kier molecular flexibility index (Phi) is 2.05. The molecule has 0 unspecified atom stereocenters. The molecule has 14 heavy (non-hydrogen) atoms. The third-order valence-electron chi connectivity index (χ3n) is 1.90. The maximum Gasteiger partial charge on any atom is 0.274 e. The van der Waals surface area contributed by atoms with Crippen molar-refractivity contribution < 1.29 is 0 Å². The minimum Gasteiger partial charge on any atom is -0.330 e. The first-order valence-electron chi connectivity index (χ1n) is 4.36. The fraction of sp³-hybridized carbons (Fsp3) is 0.375. The molecule has 6 heteroatoms. The van der Waals surface area contributed by atoms with Gasteiger partial charge in [0.15, 0.2) is 0 Å². The molecule has 2 heterocycles. The van der Waals surface area contributed by atoms with Gasteiger partial charge in [-0.25, -0.2) is 4.98 Å². The Morgan fingerprint density at radius 3 is 3.07 bits per heavy atom. The lowest BCUT2D eigenvalue weighted by atomic mass is 10.3. The average Bonchev–Trinajstić information content (AvgIpc) is 2.47. The van der Waals surface area contributed by atoms with E-state index < -0.39 is 0 Å². The van der Waals surface area contributed by atoms with Crippen LogP contribution in [0.25, 0.3) is 5.78 Å². The summed E-state index contributed by atoms with van der Waals surface area (Å²) in [6.07, 6.45) is 0.595. The van der Waals surface area contributed by atoms with E-state index >= 15 is 0 Å². The van der Waals surface area contributed by atoms with Crippen molar-refractivity contribution in [1.82, 2.24) is 19.6 Å². The molecule has 6 nitrogen and oxygen atoms in total. The lowest BCUT2D eigenvalue weighted by Gasteiger charge is -1.96. The second-order valence-electron chi connectivity index (χ2n) is 3.07. The Labute approximate surface area is 79.8 Å². The van der Waals surface area contributed by atoms with Crippen LogP contribution in [0.2, 0.25) is 0 Å². The Morgan fingerprint density at radius 2 is 2.36 bits per heavy atom. The van der Waals surface area contributed by atoms with E-state index in [2.05, 4.69) is 15.1 Å². The van der Waals surface area contributed by atoms with Gasteiger partial charge in [0.2, 0.25) is 0 Å². The van der Waals surface area contributed by atoms with Crippen molar-refractivity contribution in [2.45, 2.75) is 13.3 Å². The minimum absolute atomic E-state index is 0.154. The van der Waals surface area contributed by atoms with Gasteiger partial charge in [0.25, 0.3) is 11.3 Å². The Balaban J connectivity index is 2.65. The van der Waals surface area contributed by atoms with Crippen molar-refractivity contribution in [1.29, 1.82) is 0 Å². The van der Waals surface area contributed by atoms with Gasteiger partial charge in [-0.15, -0.1) is 0 Å². The van der Waals surface area contributed by atoms with Gasteiger partial charge < -0.3 is 5.73 Å². The number of aromatic amines is 1. The third-order valence-corrected chi connectivity index (χ3v) is 1.90. The normalized spacial score (nSPS) is 11.0. The summed E-state index contributed by atoms with van der Waals surface area (Å²) in [6, 6.07) is 1.47. The molecule has 74 valence electrons. The zero-order chi connectivity index (χ0) is 10.1. The summed E-state index contributed by atoms with van der Waals surface area (Å²) in [5.74, 6) is 1.07. The minimum atomic E-state index is -0.154. The Bertz CT molecular complexity index is 512. The highest BCUT2D eigenvalue weighted by molar-refractivity contribution is 5.27.